The number of urea groups is 1. The fourth-order valence-electron chi connectivity index (χ4n) is 2.19. The van der Waals surface area contributed by atoms with Crippen LogP contribution in [0.4, 0.5) is 25.0 Å². The molecule has 0 bridgehead atoms. The number of aromatic nitrogens is 3. The molecule has 0 spiro atoms. The second kappa shape index (κ2) is 6.20. The van der Waals surface area contributed by atoms with E-state index in [1.165, 1.54) is 23.0 Å². The summed E-state index contributed by atoms with van der Waals surface area (Å²) < 4.78 is 28.8. The molecule has 3 aromatic rings. The molecule has 0 unspecified atom stereocenters. The molecule has 7 nitrogen and oxygen atoms in total. The van der Waals surface area contributed by atoms with Gasteiger partial charge in [0.25, 0.3) is 0 Å². The van der Waals surface area contributed by atoms with Gasteiger partial charge in [0.1, 0.15) is 11.6 Å². The quantitative estimate of drug-likeness (QED) is 0.591. The summed E-state index contributed by atoms with van der Waals surface area (Å²) in [6.07, 6.45) is 4.44. The monoisotopic (exact) mass is 333 g/mol. The second-order valence-corrected chi connectivity index (χ2v) is 4.87. The molecule has 124 valence electrons. The van der Waals surface area contributed by atoms with Crippen LogP contribution in [0.3, 0.4) is 0 Å². The number of rotatable bonds is 3. The molecule has 9 heteroatoms. The summed E-state index contributed by atoms with van der Waals surface area (Å²) in [5.41, 5.74) is 0.386. The van der Waals surface area contributed by atoms with Crippen LogP contribution in [-0.4, -0.2) is 37.4 Å². The highest BCUT2D eigenvalue weighted by Crippen LogP contribution is 2.29. The highest BCUT2D eigenvalue weighted by molar-refractivity contribution is 5.99. The number of hydrogen-bond donors (Lipinski definition) is 1. The Kier molecular flexibility index (Phi) is 4.09. The van der Waals surface area contributed by atoms with Crippen LogP contribution in [0.2, 0.25) is 0 Å². The maximum absolute atomic E-state index is 14.2. The number of carbonyl (C=O) groups excluding carboxylic acids is 1. The average Bonchev–Trinajstić information content (AvgIpc) is 3.04. The standard InChI is InChI=1S/C15H13F2N5O2/c1-2-21(24)15(23)22(13-4-3-10(16)7-12(13)17)11-8-14-18-5-6-20(14)19-9-11/h3-9,24H,2H2,1H3. The number of hydrogen-bond acceptors (Lipinski definition) is 4. The van der Waals surface area contributed by atoms with Gasteiger partial charge in [-0.15, -0.1) is 0 Å². The number of halogens is 2. The van der Waals surface area contributed by atoms with Crippen molar-refractivity contribution in [2.45, 2.75) is 6.92 Å². The lowest BCUT2D eigenvalue weighted by Gasteiger charge is -2.26. The first-order chi connectivity index (χ1) is 11.5. The van der Waals surface area contributed by atoms with E-state index >= 15 is 0 Å². The van der Waals surface area contributed by atoms with Gasteiger partial charge in [0.2, 0.25) is 0 Å². The van der Waals surface area contributed by atoms with Gasteiger partial charge >= 0.3 is 6.03 Å². The molecule has 24 heavy (non-hydrogen) atoms. The molecule has 3 rings (SSSR count). The average molecular weight is 333 g/mol. The molecule has 2 aromatic heterocycles. The lowest BCUT2D eigenvalue weighted by atomic mass is 10.2. The van der Waals surface area contributed by atoms with Crippen LogP contribution in [0, 0.1) is 11.6 Å². The predicted molar refractivity (Wildman–Crippen MR) is 81.0 cm³/mol. The molecule has 0 aliphatic carbocycles. The van der Waals surface area contributed by atoms with Crippen molar-refractivity contribution in [3.63, 3.8) is 0 Å². The molecule has 2 heterocycles. The Morgan fingerprint density at radius 3 is 2.83 bits per heavy atom. The first kappa shape index (κ1) is 15.8. The molecular weight excluding hydrogens is 320 g/mol. The summed E-state index contributed by atoms with van der Waals surface area (Å²) in [5.74, 6) is -1.72. The van der Waals surface area contributed by atoms with E-state index in [2.05, 4.69) is 10.1 Å². The Hall–Kier alpha value is -3.07. The molecule has 0 atom stereocenters. The summed E-state index contributed by atoms with van der Waals surface area (Å²) >= 11 is 0. The molecule has 0 aliphatic heterocycles. The molecule has 0 saturated carbocycles. The van der Waals surface area contributed by atoms with Crippen LogP contribution in [-0.2, 0) is 0 Å². The molecule has 0 saturated heterocycles. The number of benzene rings is 1. The van der Waals surface area contributed by atoms with Crippen LogP contribution in [0.5, 0.6) is 0 Å². The van der Waals surface area contributed by atoms with Crippen LogP contribution in [0.1, 0.15) is 6.92 Å². The van der Waals surface area contributed by atoms with Gasteiger partial charge in [-0.1, -0.05) is 0 Å². The zero-order valence-corrected chi connectivity index (χ0v) is 12.6. The lowest BCUT2D eigenvalue weighted by Crippen LogP contribution is -2.39. The van der Waals surface area contributed by atoms with E-state index in [1.807, 2.05) is 0 Å². The van der Waals surface area contributed by atoms with Gasteiger partial charge in [-0.05, 0) is 19.1 Å². The number of hydroxylamine groups is 2. The van der Waals surface area contributed by atoms with Crippen molar-refractivity contribution in [1.82, 2.24) is 19.7 Å². The Bertz CT molecular complexity index is 898. The number of nitrogens with zero attached hydrogens (tertiary/aromatic N) is 5. The summed E-state index contributed by atoms with van der Waals surface area (Å²) in [4.78, 5) is 17.4. The van der Waals surface area contributed by atoms with Gasteiger partial charge in [-0.25, -0.2) is 28.1 Å². The number of anilines is 2. The third kappa shape index (κ3) is 2.76. The van der Waals surface area contributed by atoms with Gasteiger partial charge in [-0.2, -0.15) is 5.10 Å². The number of carbonyl (C=O) groups is 1. The lowest BCUT2D eigenvalue weighted by molar-refractivity contribution is -0.0345. The highest BCUT2D eigenvalue weighted by Gasteiger charge is 2.26. The van der Waals surface area contributed by atoms with Gasteiger partial charge in [-0.3, -0.25) is 10.1 Å². The normalized spacial score (nSPS) is 10.8. The third-order valence-corrected chi connectivity index (χ3v) is 3.36. The van der Waals surface area contributed by atoms with E-state index in [-0.39, 0.29) is 17.9 Å². The molecular formula is C15H13F2N5O2. The second-order valence-electron chi connectivity index (χ2n) is 4.87. The van der Waals surface area contributed by atoms with E-state index < -0.39 is 17.7 Å². The fraction of sp³-hybridized carbons (Fsp3) is 0.133. The molecule has 1 aromatic carbocycles. The van der Waals surface area contributed by atoms with Crippen LogP contribution in [0.15, 0.2) is 42.9 Å². The summed E-state index contributed by atoms with van der Waals surface area (Å²) in [5, 5.41) is 14.2. The van der Waals surface area contributed by atoms with E-state index in [9.17, 15) is 18.8 Å². The van der Waals surface area contributed by atoms with Crippen LogP contribution >= 0.6 is 0 Å². The van der Waals surface area contributed by atoms with E-state index in [0.29, 0.717) is 16.8 Å². The first-order valence-electron chi connectivity index (χ1n) is 7.06. The molecule has 1 N–H and O–H groups in total. The zero-order valence-electron chi connectivity index (χ0n) is 12.6. The van der Waals surface area contributed by atoms with Crippen molar-refractivity contribution in [3.8, 4) is 0 Å². The van der Waals surface area contributed by atoms with Gasteiger partial charge in [0, 0.05) is 31.1 Å². The molecule has 0 aliphatic rings. The fourth-order valence-corrected chi connectivity index (χ4v) is 2.19. The Balaban J connectivity index is 2.15. The number of amides is 2. The van der Waals surface area contributed by atoms with E-state index in [4.69, 9.17) is 0 Å². The Labute approximate surface area is 135 Å². The minimum Gasteiger partial charge on any atom is -0.284 e. The minimum atomic E-state index is -0.948. The van der Waals surface area contributed by atoms with Crippen molar-refractivity contribution in [3.05, 3.63) is 54.5 Å². The van der Waals surface area contributed by atoms with Crippen molar-refractivity contribution in [2.24, 2.45) is 0 Å². The summed E-state index contributed by atoms with van der Waals surface area (Å²) in [7, 11) is 0. The zero-order chi connectivity index (χ0) is 17.3. The van der Waals surface area contributed by atoms with E-state index in [1.54, 1.807) is 13.1 Å². The SMILES string of the molecule is CCN(O)C(=O)N(c1cnn2ccnc2c1)c1ccc(F)cc1F. The molecule has 2 amide bonds. The third-order valence-electron chi connectivity index (χ3n) is 3.36. The van der Waals surface area contributed by atoms with Crippen LogP contribution < -0.4 is 4.90 Å². The summed E-state index contributed by atoms with van der Waals surface area (Å²) in [6.45, 7) is 1.53. The van der Waals surface area contributed by atoms with Crippen molar-refractivity contribution in [1.29, 1.82) is 0 Å². The van der Waals surface area contributed by atoms with Crippen molar-refractivity contribution in [2.75, 3.05) is 11.4 Å². The topological polar surface area (TPSA) is 74.0 Å². The first-order valence-corrected chi connectivity index (χ1v) is 7.06. The maximum atomic E-state index is 14.2. The van der Waals surface area contributed by atoms with E-state index in [0.717, 1.165) is 17.0 Å². The molecule has 0 radical (unpaired) electrons. The van der Waals surface area contributed by atoms with Gasteiger partial charge in [0.15, 0.2) is 5.65 Å². The van der Waals surface area contributed by atoms with Crippen molar-refractivity contribution < 1.29 is 18.8 Å². The smallest absolute Gasteiger partial charge is 0.284 e. The maximum Gasteiger partial charge on any atom is 0.352 e. The largest absolute Gasteiger partial charge is 0.352 e. The Morgan fingerprint density at radius 1 is 1.33 bits per heavy atom. The highest BCUT2D eigenvalue weighted by atomic mass is 19.1. The molecule has 0 fully saturated rings. The number of imidazole rings is 1. The van der Waals surface area contributed by atoms with Gasteiger partial charge < -0.3 is 0 Å². The van der Waals surface area contributed by atoms with Crippen molar-refractivity contribution >= 4 is 23.1 Å². The van der Waals surface area contributed by atoms with Crippen LogP contribution in [0.25, 0.3) is 5.65 Å². The number of fused-ring (bicyclic) bond motifs is 1. The predicted octanol–water partition coefficient (Wildman–Crippen LogP) is 2.98. The summed E-state index contributed by atoms with van der Waals surface area (Å²) in [6, 6.07) is 3.39. The Morgan fingerprint density at radius 2 is 2.12 bits per heavy atom. The minimum absolute atomic E-state index is 0.0167. The van der Waals surface area contributed by atoms with Gasteiger partial charge in [0.05, 0.1) is 17.6 Å².